The number of nitriles is 1. The number of aromatic nitrogens is 3. The van der Waals surface area contributed by atoms with E-state index in [1.165, 1.54) is 6.07 Å². The molecule has 0 atom stereocenters. The molecule has 0 amide bonds. The molecule has 0 saturated carbocycles. The normalized spacial score (nSPS) is 13.9. The molecule has 1 N–H and O–H groups in total. The minimum absolute atomic E-state index is 0.148. The van der Waals surface area contributed by atoms with Crippen molar-refractivity contribution in [3.63, 3.8) is 0 Å². The maximum atomic E-state index is 11.8. The van der Waals surface area contributed by atoms with Crippen molar-refractivity contribution in [3.8, 4) is 17.5 Å². The molecule has 4 rings (SSSR count). The lowest BCUT2D eigenvalue weighted by Gasteiger charge is -2.37. The Kier molecular flexibility index (Phi) is 5.25. The molecule has 3 heterocycles. The number of para-hydroxylation sites is 1. The van der Waals surface area contributed by atoms with Crippen molar-refractivity contribution in [1.82, 2.24) is 15.0 Å². The molecule has 7 heteroatoms. The Hall–Kier alpha value is -3.66. The molecular weight excluding hydrogens is 364 g/mol. The smallest absolute Gasteiger partial charge is 0.251 e. The number of piperazine rings is 1. The summed E-state index contributed by atoms with van der Waals surface area (Å²) in [7, 11) is 0. The van der Waals surface area contributed by atoms with Gasteiger partial charge in [-0.3, -0.25) is 4.79 Å². The average molecular weight is 386 g/mol. The molecule has 2 aromatic heterocycles. The van der Waals surface area contributed by atoms with Crippen LogP contribution in [-0.2, 0) is 6.42 Å². The number of anilines is 2. The van der Waals surface area contributed by atoms with E-state index in [9.17, 15) is 10.1 Å². The third-order valence-electron chi connectivity index (χ3n) is 5.15. The van der Waals surface area contributed by atoms with Gasteiger partial charge >= 0.3 is 0 Å². The van der Waals surface area contributed by atoms with E-state index in [1.54, 1.807) is 6.20 Å². The van der Waals surface area contributed by atoms with Crippen molar-refractivity contribution in [2.45, 2.75) is 13.3 Å². The quantitative estimate of drug-likeness (QED) is 0.741. The van der Waals surface area contributed by atoms with Gasteiger partial charge in [0, 0.05) is 49.7 Å². The molecule has 29 heavy (non-hydrogen) atoms. The molecule has 3 aromatic rings. The van der Waals surface area contributed by atoms with E-state index in [0.717, 1.165) is 48.9 Å². The maximum Gasteiger partial charge on any atom is 0.251 e. The molecule has 7 nitrogen and oxygen atoms in total. The van der Waals surface area contributed by atoms with Crippen LogP contribution in [0.2, 0.25) is 0 Å². The second kappa shape index (κ2) is 8.15. The van der Waals surface area contributed by atoms with Gasteiger partial charge in [0.2, 0.25) is 0 Å². The summed E-state index contributed by atoms with van der Waals surface area (Å²) in [6.07, 6.45) is 2.46. The van der Waals surface area contributed by atoms with Crippen LogP contribution in [0, 0.1) is 11.3 Å². The van der Waals surface area contributed by atoms with Crippen LogP contribution in [0.25, 0.3) is 11.4 Å². The summed E-state index contributed by atoms with van der Waals surface area (Å²) in [5.74, 6) is 1.45. The van der Waals surface area contributed by atoms with E-state index in [2.05, 4.69) is 30.8 Å². The van der Waals surface area contributed by atoms with Crippen molar-refractivity contribution in [1.29, 1.82) is 5.26 Å². The fourth-order valence-corrected chi connectivity index (χ4v) is 3.56. The number of benzene rings is 1. The van der Waals surface area contributed by atoms with Crippen LogP contribution in [0.5, 0.6) is 0 Å². The summed E-state index contributed by atoms with van der Waals surface area (Å²) in [6, 6.07) is 15.4. The van der Waals surface area contributed by atoms with Gasteiger partial charge in [-0.1, -0.05) is 19.1 Å². The topological polar surface area (TPSA) is 88.9 Å². The number of aromatic amines is 1. The Morgan fingerprint density at radius 1 is 1.10 bits per heavy atom. The van der Waals surface area contributed by atoms with Gasteiger partial charge in [-0.25, -0.2) is 9.97 Å². The Balaban J connectivity index is 1.47. The van der Waals surface area contributed by atoms with E-state index >= 15 is 0 Å². The highest BCUT2D eigenvalue weighted by molar-refractivity contribution is 5.61. The largest absolute Gasteiger partial charge is 0.367 e. The average Bonchev–Trinajstić information content (AvgIpc) is 2.79. The molecule has 0 aliphatic carbocycles. The van der Waals surface area contributed by atoms with E-state index < -0.39 is 0 Å². The lowest BCUT2D eigenvalue weighted by molar-refractivity contribution is 0.647. The van der Waals surface area contributed by atoms with Gasteiger partial charge in [-0.15, -0.1) is 0 Å². The van der Waals surface area contributed by atoms with E-state index in [1.807, 2.05) is 43.3 Å². The first-order valence-electron chi connectivity index (χ1n) is 9.73. The number of nitrogens with one attached hydrogen (secondary N) is 1. The third-order valence-corrected chi connectivity index (χ3v) is 5.15. The second-order valence-electron chi connectivity index (χ2n) is 6.95. The fraction of sp³-hybridized carbons (Fsp3) is 0.273. The predicted octanol–water partition coefficient (Wildman–Crippen LogP) is 2.59. The number of hydrogen-bond acceptors (Lipinski definition) is 6. The Morgan fingerprint density at radius 3 is 2.55 bits per heavy atom. The minimum Gasteiger partial charge on any atom is -0.367 e. The van der Waals surface area contributed by atoms with Crippen LogP contribution in [0.3, 0.4) is 0 Å². The van der Waals surface area contributed by atoms with Gasteiger partial charge in [0.15, 0.2) is 0 Å². The van der Waals surface area contributed by atoms with Crippen molar-refractivity contribution >= 4 is 11.5 Å². The van der Waals surface area contributed by atoms with Gasteiger partial charge in [0.25, 0.3) is 5.56 Å². The highest BCUT2D eigenvalue weighted by Crippen LogP contribution is 2.23. The molecule has 1 fully saturated rings. The van der Waals surface area contributed by atoms with Gasteiger partial charge < -0.3 is 14.8 Å². The summed E-state index contributed by atoms with van der Waals surface area (Å²) < 4.78 is 0. The molecule has 0 bridgehead atoms. The SMILES string of the molecule is CCc1cc(=O)[nH]c(-c2ccc(N3CCN(c4ccccc4C#N)CC3)nc2)n1. The zero-order valence-corrected chi connectivity index (χ0v) is 16.3. The number of pyridine rings is 1. The predicted molar refractivity (Wildman–Crippen MR) is 113 cm³/mol. The summed E-state index contributed by atoms with van der Waals surface area (Å²) in [4.78, 5) is 28.1. The highest BCUT2D eigenvalue weighted by Gasteiger charge is 2.20. The number of hydrogen-bond donors (Lipinski definition) is 1. The first kappa shape index (κ1) is 18.7. The molecule has 1 aliphatic rings. The molecule has 1 saturated heterocycles. The summed E-state index contributed by atoms with van der Waals surface area (Å²) in [6.45, 7) is 5.28. The first-order chi connectivity index (χ1) is 14.2. The van der Waals surface area contributed by atoms with Gasteiger partial charge in [-0.05, 0) is 30.7 Å². The Morgan fingerprint density at radius 2 is 1.86 bits per heavy atom. The molecule has 0 radical (unpaired) electrons. The summed E-state index contributed by atoms with van der Waals surface area (Å²) in [5, 5.41) is 9.32. The van der Waals surface area contributed by atoms with Crippen LogP contribution in [0.4, 0.5) is 11.5 Å². The minimum atomic E-state index is -0.148. The molecule has 146 valence electrons. The van der Waals surface area contributed by atoms with Crippen molar-refractivity contribution < 1.29 is 0 Å². The van der Waals surface area contributed by atoms with Crippen LogP contribution in [0.15, 0.2) is 53.5 Å². The monoisotopic (exact) mass is 386 g/mol. The molecule has 0 spiro atoms. The van der Waals surface area contributed by atoms with Crippen LogP contribution < -0.4 is 15.4 Å². The number of H-pyrrole nitrogens is 1. The highest BCUT2D eigenvalue weighted by atomic mass is 16.1. The molecular formula is C22H22N6O. The van der Waals surface area contributed by atoms with Crippen LogP contribution in [-0.4, -0.2) is 41.1 Å². The van der Waals surface area contributed by atoms with Crippen molar-refractivity contribution in [2.75, 3.05) is 36.0 Å². The molecule has 0 unspecified atom stereocenters. The standard InChI is InChI=1S/C22H22N6O/c1-2-18-13-21(29)26-22(25-18)17-7-8-20(24-15-17)28-11-9-27(10-12-28)19-6-4-3-5-16(19)14-23/h3-8,13,15H,2,9-12H2,1H3,(H,25,26,29). The van der Waals surface area contributed by atoms with Gasteiger partial charge in [0.1, 0.15) is 17.7 Å². The van der Waals surface area contributed by atoms with Crippen LogP contribution >= 0.6 is 0 Å². The third kappa shape index (κ3) is 3.97. The number of rotatable bonds is 4. The first-order valence-corrected chi connectivity index (χ1v) is 9.73. The fourth-order valence-electron chi connectivity index (χ4n) is 3.56. The van der Waals surface area contributed by atoms with Gasteiger partial charge in [-0.2, -0.15) is 5.26 Å². The zero-order valence-electron chi connectivity index (χ0n) is 16.3. The van der Waals surface area contributed by atoms with Gasteiger partial charge in [0.05, 0.1) is 11.3 Å². The van der Waals surface area contributed by atoms with Crippen LogP contribution in [0.1, 0.15) is 18.2 Å². The Labute approximate surface area is 169 Å². The van der Waals surface area contributed by atoms with E-state index in [-0.39, 0.29) is 5.56 Å². The van der Waals surface area contributed by atoms with E-state index in [4.69, 9.17) is 0 Å². The summed E-state index contributed by atoms with van der Waals surface area (Å²) in [5.41, 5.74) is 3.11. The molecule has 1 aliphatic heterocycles. The summed E-state index contributed by atoms with van der Waals surface area (Å²) >= 11 is 0. The zero-order chi connectivity index (χ0) is 20.2. The second-order valence-corrected chi connectivity index (χ2v) is 6.95. The van der Waals surface area contributed by atoms with E-state index in [0.29, 0.717) is 17.8 Å². The lowest BCUT2D eigenvalue weighted by Crippen LogP contribution is -2.47. The van der Waals surface area contributed by atoms with Crippen molar-refractivity contribution in [3.05, 3.63) is 70.3 Å². The lowest BCUT2D eigenvalue weighted by atomic mass is 10.1. The number of aryl methyl sites for hydroxylation is 1. The Bertz CT molecular complexity index is 1090. The van der Waals surface area contributed by atoms with Crippen molar-refractivity contribution in [2.24, 2.45) is 0 Å². The maximum absolute atomic E-state index is 11.8. The number of nitrogens with zero attached hydrogens (tertiary/aromatic N) is 5. The molecule has 1 aromatic carbocycles.